The van der Waals surface area contributed by atoms with Gasteiger partial charge in [0.15, 0.2) is 0 Å². The maximum absolute atomic E-state index is 9.13. The molecule has 0 saturated heterocycles. The molecule has 0 aliphatic carbocycles. The molecule has 7 heteroatoms. The quantitative estimate of drug-likeness (QED) is 0.742. The average Bonchev–Trinajstić information content (AvgIpc) is 3.01. The number of hydrogen-bond acceptors (Lipinski definition) is 7. The highest BCUT2D eigenvalue weighted by Crippen LogP contribution is 2.21. The Morgan fingerprint density at radius 1 is 1.13 bits per heavy atom. The molecule has 1 aromatic carbocycles. The Morgan fingerprint density at radius 3 is 2.52 bits per heavy atom. The van der Waals surface area contributed by atoms with Gasteiger partial charge in [0.25, 0.3) is 0 Å². The molecular formula is C16H18N4O3. The van der Waals surface area contributed by atoms with Crippen LogP contribution >= 0.6 is 0 Å². The van der Waals surface area contributed by atoms with Crippen molar-refractivity contribution in [1.29, 1.82) is 0 Å². The van der Waals surface area contributed by atoms with Crippen molar-refractivity contribution in [1.82, 2.24) is 20.3 Å². The molecule has 1 unspecified atom stereocenters. The van der Waals surface area contributed by atoms with E-state index in [4.69, 9.17) is 9.84 Å². The number of aromatic nitrogens is 4. The molecule has 0 spiro atoms. The normalized spacial score (nSPS) is 12.5. The van der Waals surface area contributed by atoms with Gasteiger partial charge < -0.3 is 9.84 Å². The average molecular weight is 314 g/mol. The minimum Gasteiger partial charge on any atom is -0.476 e. The molecule has 0 amide bonds. The van der Waals surface area contributed by atoms with Gasteiger partial charge in [-0.05, 0) is 22.8 Å². The maximum atomic E-state index is 9.13. The lowest BCUT2D eigenvalue weighted by atomic mass is 10.1. The van der Waals surface area contributed by atoms with Gasteiger partial charge in [-0.1, -0.05) is 36.8 Å². The zero-order valence-corrected chi connectivity index (χ0v) is 13.1. The van der Waals surface area contributed by atoms with Crippen LogP contribution in [0, 0.1) is 12.8 Å². The molecule has 3 rings (SSSR count). The van der Waals surface area contributed by atoms with Gasteiger partial charge in [-0.15, -0.1) is 0 Å². The number of ether oxygens (including phenoxy) is 1. The predicted molar refractivity (Wildman–Crippen MR) is 83.1 cm³/mol. The second-order valence-corrected chi connectivity index (χ2v) is 5.65. The third kappa shape index (κ3) is 3.62. The van der Waals surface area contributed by atoms with E-state index < -0.39 is 0 Å². The largest absolute Gasteiger partial charge is 0.476 e. The smallest absolute Gasteiger partial charge is 0.246 e. The fourth-order valence-electron chi connectivity index (χ4n) is 2.06. The molecule has 0 saturated carbocycles. The topological polar surface area (TPSA) is 94.2 Å². The van der Waals surface area contributed by atoms with Crippen molar-refractivity contribution in [2.24, 2.45) is 5.92 Å². The number of hydrogen-bond donors (Lipinski definition) is 1. The van der Waals surface area contributed by atoms with E-state index in [0.29, 0.717) is 35.9 Å². The van der Waals surface area contributed by atoms with Crippen LogP contribution in [0.3, 0.4) is 0 Å². The van der Waals surface area contributed by atoms with Crippen LogP contribution in [0.5, 0.6) is 5.88 Å². The first-order valence-corrected chi connectivity index (χ1v) is 7.44. The van der Waals surface area contributed by atoms with Crippen LogP contribution in [-0.2, 0) is 6.42 Å². The van der Waals surface area contributed by atoms with Gasteiger partial charge in [0, 0.05) is 18.9 Å². The van der Waals surface area contributed by atoms with Crippen molar-refractivity contribution in [3.63, 3.8) is 0 Å². The summed E-state index contributed by atoms with van der Waals surface area (Å²) >= 11 is 0. The van der Waals surface area contributed by atoms with Gasteiger partial charge in [-0.2, -0.15) is 4.98 Å². The third-order valence-electron chi connectivity index (χ3n) is 3.46. The summed E-state index contributed by atoms with van der Waals surface area (Å²) in [6.45, 7) is 4.34. The van der Waals surface area contributed by atoms with Gasteiger partial charge in [-0.3, -0.25) is 0 Å². The van der Waals surface area contributed by atoms with Gasteiger partial charge in [0.05, 0.1) is 6.61 Å². The van der Waals surface area contributed by atoms with E-state index in [1.807, 2.05) is 38.1 Å². The van der Waals surface area contributed by atoms with Crippen molar-refractivity contribution in [3.05, 3.63) is 41.1 Å². The van der Waals surface area contributed by atoms with E-state index in [2.05, 4.69) is 24.9 Å². The SMILES string of the molecule is Cc1ccc(Cc2nc3nonc3nc2OCC(C)CO)cc1. The van der Waals surface area contributed by atoms with E-state index in [0.717, 1.165) is 5.56 Å². The summed E-state index contributed by atoms with van der Waals surface area (Å²) in [6.07, 6.45) is 0.568. The third-order valence-corrected chi connectivity index (χ3v) is 3.46. The second kappa shape index (κ2) is 6.70. The Kier molecular flexibility index (Phi) is 4.47. The van der Waals surface area contributed by atoms with Crippen molar-refractivity contribution in [2.45, 2.75) is 20.3 Å². The summed E-state index contributed by atoms with van der Waals surface area (Å²) in [5, 5.41) is 16.6. The molecule has 0 aliphatic rings. The van der Waals surface area contributed by atoms with Crippen molar-refractivity contribution < 1.29 is 14.5 Å². The Balaban J connectivity index is 1.90. The molecular weight excluding hydrogens is 296 g/mol. The van der Waals surface area contributed by atoms with Crippen LogP contribution in [0.25, 0.3) is 11.3 Å². The number of aryl methyl sites for hydroxylation is 1. The molecule has 3 aromatic rings. The van der Waals surface area contributed by atoms with Crippen molar-refractivity contribution in [3.8, 4) is 5.88 Å². The standard InChI is InChI=1S/C16H18N4O3/c1-10-3-5-12(6-4-10)7-13-16(22-9-11(2)8-21)18-15-14(17-13)19-23-20-15/h3-6,11,21H,7-9H2,1-2H3. The zero-order chi connectivity index (χ0) is 16.2. The van der Waals surface area contributed by atoms with Crippen LogP contribution in [-0.4, -0.2) is 38.6 Å². The number of aliphatic hydroxyl groups is 1. The summed E-state index contributed by atoms with van der Waals surface area (Å²) in [5.41, 5.74) is 3.63. The Hall–Kier alpha value is -2.54. The second-order valence-electron chi connectivity index (χ2n) is 5.65. The molecule has 2 heterocycles. The lowest BCUT2D eigenvalue weighted by Gasteiger charge is -2.12. The maximum Gasteiger partial charge on any atom is 0.246 e. The minimum atomic E-state index is 0.00940. The van der Waals surface area contributed by atoms with Crippen LogP contribution in [0.1, 0.15) is 23.7 Å². The molecule has 0 radical (unpaired) electrons. The summed E-state index contributed by atoms with van der Waals surface area (Å²) in [5.74, 6) is 0.407. The van der Waals surface area contributed by atoms with E-state index in [1.54, 1.807) is 0 Å². The molecule has 2 aromatic heterocycles. The highest BCUT2D eigenvalue weighted by molar-refractivity contribution is 5.64. The molecule has 7 nitrogen and oxygen atoms in total. The van der Waals surface area contributed by atoms with E-state index >= 15 is 0 Å². The summed E-state index contributed by atoms with van der Waals surface area (Å²) in [4.78, 5) is 8.76. The molecule has 23 heavy (non-hydrogen) atoms. The fraction of sp³-hybridized carbons (Fsp3) is 0.375. The highest BCUT2D eigenvalue weighted by atomic mass is 16.6. The molecule has 0 bridgehead atoms. The molecule has 0 aliphatic heterocycles. The van der Waals surface area contributed by atoms with Crippen LogP contribution in [0.2, 0.25) is 0 Å². The van der Waals surface area contributed by atoms with Gasteiger partial charge in [0.2, 0.25) is 17.2 Å². The van der Waals surface area contributed by atoms with E-state index in [-0.39, 0.29) is 12.5 Å². The van der Waals surface area contributed by atoms with Crippen LogP contribution in [0.15, 0.2) is 28.9 Å². The van der Waals surface area contributed by atoms with Crippen molar-refractivity contribution in [2.75, 3.05) is 13.2 Å². The Bertz CT molecular complexity index is 786. The summed E-state index contributed by atoms with van der Waals surface area (Å²) < 4.78 is 10.4. The highest BCUT2D eigenvalue weighted by Gasteiger charge is 2.15. The molecule has 1 N–H and O–H groups in total. The van der Waals surface area contributed by atoms with Gasteiger partial charge in [0.1, 0.15) is 5.69 Å². The Morgan fingerprint density at radius 2 is 1.83 bits per heavy atom. The van der Waals surface area contributed by atoms with Crippen molar-refractivity contribution >= 4 is 11.3 Å². The predicted octanol–water partition coefficient (Wildman–Crippen LogP) is 1.92. The lowest BCUT2D eigenvalue weighted by Crippen LogP contribution is -2.14. The number of aliphatic hydroxyl groups excluding tert-OH is 1. The first-order chi connectivity index (χ1) is 11.2. The number of rotatable bonds is 6. The summed E-state index contributed by atoms with van der Waals surface area (Å²) in [7, 11) is 0. The van der Waals surface area contributed by atoms with Gasteiger partial charge >= 0.3 is 0 Å². The fourth-order valence-corrected chi connectivity index (χ4v) is 2.06. The van der Waals surface area contributed by atoms with Crippen LogP contribution < -0.4 is 4.74 Å². The lowest BCUT2D eigenvalue weighted by molar-refractivity contribution is 0.170. The number of fused-ring (bicyclic) bond motifs is 1. The van der Waals surface area contributed by atoms with Gasteiger partial charge in [-0.25, -0.2) is 9.61 Å². The Labute approximate surface area is 133 Å². The monoisotopic (exact) mass is 314 g/mol. The van der Waals surface area contributed by atoms with E-state index in [9.17, 15) is 0 Å². The molecule has 1 atom stereocenters. The minimum absolute atomic E-state index is 0.00940. The molecule has 0 fully saturated rings. The van der Waals surface area contributed by atoms with E-state index in [1.165, 1.54) is 5.56 Å². The number of nitrogens with zero attached hydrogens (tertiary/aromatic N) is 4. The summed E-state index contributed by atoms with van der Waals surface area (Å²) in [6, 6.07) is 8.19. The van der Waals surface area contributed by atoms with Crippen LogP contribution in [0.4, 0.5) is 0 Å². The number of benzene rings is 1. The first-order valence-electron chi connectivity index (χ1n) is 7.44. The first kappa shape index (κ1) is 15.4. The zero-order valence-electron chi connectivity index (χ0n) is 13.1. The molecule has 120 valence electrons.